The predicted molar refractivity (Wildman–Crippen MR) is 221 cm³/mol. The molecule has 0 aliphatic carbocycles. The maximum absolute atomic E-state index is 2.46. The molecule has 2 nitrogen and oxygen atoms in total. The first-order valence-corrected chi connectivity index (χ1v) is 17.9. The van der Waals surface area contributed by atoms with Crippen molar-refractivity contribution in [3.05, 3.63) is 194 Å². The van der Waals surface area contributed by atoms with Crippen LogP contribution >= 0.6 is 0 Å². The second-order valence-corrected chi connectivity index (χ2v) is 13.7. The number of nitrogens with zero attached hydrogens (tertiary/aromatic N) is 2. The summed E-state index contributed by atoms with van der Waals surface area (Å²) in [5.41, 5.74) is 12.1. The number of aromatic nitrogens is 2. The van der Waals surface area contributed by atoms with E-state index in [-0.39, 0.29) is 0 Å². The van der Waals surface area contributed by atoms with Crippen LogP contribution in [0.25, 0.3) is 98.8 Å². The Morgan fingerprint density at radius 1 is 0.250 bits per heavy atom. The molecule has 0 aliphatic heterocycles. The molecule has 0 atom stereocenters. The molecule has 2 aromatic heterocycles. The highest BCUT2D eigenvalue weighted by Crippen LogP contribution is 2.41. The first-order chi connectivity index (χ1) is 25.8. The third-order valence-electron chi connectivity index (χ3n) is 10.9. The maximum atomic E-state index is 2.46. The summed E-state index contributed by atoms with van der Waals surface area (Å²) in [5, 5.41) is 10.1. The van der Waals surface area contributed by atoms with E-state index in [4.69, 9.17) is 0 Å². The number of benzene rings is 9. The third-order valence-corrected chi connectivity index (χ3v) is 10.9. The topological polar surface area (TPSA) is 9.86 Å². The molecular weight excluding hydrogens is 629 g/mol. The van der Waals surface area contributed by atoms with Crippen LogP contribution in [0.4, 0.5) is 0 Å². The van der Waals surface area contributed by atoms with Gasteiger partial charge in [-0.05, 0) is 81.4 Å². The number of hydrogen-bond acceptors (Lipinski definition) is 0. The maximum Gasteiger partial charge on any atom is 0.0546 e. The van der Waals surface area contributed by atoms with Crippen molar-refractivity contribution in [1.29, 1.82) is 0 Å². The second-order valence-electron chi connectivity index (χ2n) is 13.7. The van der Waals surface area contributed by atoms with Crippen LogP contribution in [0.15, 0.2) is 194 Å². The summed E-state index contributed by atoms with van der Waals surface area (Å²) in [5.74, 6) is 0. The highest BCUT2D eigenvalue weighted by molar-refractivity contribution is 6.16. The van der Waals surface area contributed by atoms with E-state index in [1.165, 1.54) is 98.8 Å². The highest BCUT2D eigenvalue weighted by Gasteiger charge is 2.19. The van der Waals surface area contributed by atoms with Crippen LogP contribution in [-0.4, -0.2) is 9.13 Å². The van der Waals surface area contributed by atoms with Gasteiger partial charge in [0, 0.05) is 32.5 Å². The summed E-state index contributed by atoms with van der Waals surface area (Å²) in [4.78, 5) is 0. The monoisotopic (exact) mass is 660 g/mol. The van der Waals surface area contributed by atoms with Crippen LogP contribution in [0.5, 0.6) is 0 Å². The van der Waals surface area contributed by atoms with Crippen molar-refractivity contribution in [2.45, 2.75) is 0 Å². The first kappa shape index (κ1) is 28.9. The highest BCUT2D eigenvalue weighted by atomic mass is 15.0. The second kappa shape index (κ2) is 11.3. The molecule has 0 fully saturated rings. The molecule has 0 aliphatic rings. The summed E-state index contributed by atoms with van der Waals surface area (Å²) in [6.07, 6.45) is 0. The summed E-state index contributed by atoms with van der Waals surface area (Å²) < 4.78 is 4.89. The normalized spacial score (nSPS) is 11.8. The molecule has 11 aromatic rings. The van der Waals surface area contributed by atoms with Crippen LogP contribution in [0.3, 0.4) is 0 Å². The fraction of sp³-hybridized carbons (Fsp3) is 0. The van der Waals surface area contributed by atoms with Gasteiger partial charge in [-0.1, -0.05) is 146 Å². The van der Waals surface area contributed by atoms with Crippen molar-refractivity contribution < 1.29 is 0 Å². The van der Waals surface area contributed by atoms with E-state index in [0.29, 0.717) is 0 Å². The summed E-state index contributed by atoms with van der Waals surface area (Å²) >= 11 is 0. The lowest BCUT2D eigenvalue weighted by molar-refractivity contribution is 1.18. The van der Waals surface area contributed by atoms with Crippen molar-refractivity contribution in [1.82, 2.24) is 9.13 Å². The number of fused-ring (bicyclic) bond motifs is 9. The zero-order chi connectivity index (χ0) is 34.2. The predicted octanol–water partition coefficient (Wildman–Crippen LogP) is 13.5. The Labute approximate surface area is 301 Å². The fourth-order valence-electron chi connectivity index (χ4n) is 8.57. The molecule has 0 amide bonds. The van der Waals surface area contributed by atoms with Gasteiger partial charge in [0.1, 0.15) is 0 Å². The van der Waals surface area contributed by atoms with E-state index >= 15 is 0 Å². The number of rotatable bonds is 4. The molecule has 0 bridgehead atoms. The molecule has 2 heteroatoms. The minimum Gasteiger partial charge on any atom is -0.309 e. The summed E-state index contributed by atoms with van der Waals surface area (Å²) in [7, 11) is 0. The Bertz CT molecular complexity index is 3180. The van der Waals surface area contributed by atoms with E-state index in [9.17, 15) is 0 Å². The molecular formula is C50H32N2. The SMILES string of the molecule is c1ccc(-c2ccccc2-n2c3ccccc3c3cc(-c4ccc5c(c4)c4ccccc4n5-c4cc5ccccc5c5ccccc45)ccc32)cc1. The molecule has 0 unspecified atom stereocenters. The van der Waals surface area contributed by atoms with E-state index in [2.05, 4.69) is 203 Å². The molecule has 11 rings (SSSR count). The van der Waals surface area contributed by atoms with Crippen LogP contribution in [0.1, 0.15) is 0 Å². The minimum atomic E-state index is 1.18. The lowest BCUT2D eigenvalue weighted by Crippen LogP contribution is -1.97. The van der Waals surface area contributed by atoms with E-state index in [1.807, 2.05) is 0 Å². The van der Waals surface area contributed by atoms with Crippen molar-refractivity contribution in [3.63, 3.8) is 0 Å². The molecule has 9 aromatic carbocycles. The van der Waals surface area contributed by atoms with Gasteiger partial charge >= 0.3 is 0 Å². The quantitative estimate of drug-likeness (QED) is 0.166. The van der Waals surface area contributed by atoms with E-state index < -0.39 is 0 Å². The lowest BCUT2D eigenvalue weighted by Gasteiger charge is -2.14. The molecule has 0 saturated carbocycles. The Morgan fingerprint density at radius 2 is 0.731 bits per heavy atom. The molecule has 0 N–H and O–H groups in total. The molecule has 0 saturated heterocycles. The number of para-hydroxylation sites is 3. The smallest absolute Gasteiger partial charge is 0.0546 e. The van der Waals surface area contributed by atoms with Gasteiger partial charge in [0.2, 0.25) is 0 Å². The Morgan fingerprint density at radius 3 is 1.40 bits per heavy atom. The molecule has 0 radical (unpaired) electrons. The van der Waals surface area contributed by atoms with Gasteiger partial charge in [-0.25, -0.2) is 0 Å². The Balaban J connectivity index is 1.12. The van der Waals surface area contributed by atoms with Crippen molar-refractivity contribution in [2.75, 3.05) is 0 Å². The standard InChI is InChI=1S/C50H32N2/c1-2-14-33(15-3-1)38-18-8-11-23-45(38)51-46-24-12-9-21-41(46)43-30-34(26-28-48(43)51)35-27-29-49-44(31-35)42-22-10-13-25-47(42)52(49)50-32-36-16-4-5-17-37(36)39-19-6-7-20-40(39)50/h1-32H. The van der Waals surface area contributed by atoms with Gasteiger partial charge in [0.25, 0.3) is 0 Å². The van der Waals surface area contributed by atoms with Gasteiger partial charge in [0.05, 0.1) is 33.4 Å². The van der Waals surface area contributed by atoms with Crippen molar-refractivity contribution >= 4 is 65.2 Å². The van der Waals surface area contributed by atoms with Gasteiger partial charge in [-0.15, -0.1) is 0 Å². The third kappa shape index (κ3) is 4.25. The first-order valence-electron chi connectivity index (χ1n) is 17.9. The number of hydrogen-bond donors (Lipinski definition) is 0. The average molecular weight is 661 g/mol. The summed E-state index contributed by atoms with van der Waals surface area (Å²) in [6.45, 7) is 0. The van der Waals surface area contributed by atoms with Gasteiger partial charge in [-0.3, -0.25) is 0 Å². The van der Waals surface area contributed by atoms with Gasteiger partial charge in [0.15, 0.2) is 0 Å². The molecule has 52 heavy (non-hydrogen) atoms. The molecule has 242 valence electrons. The van der Waals surface area contributed by atoms with Crippen molar-refractivity contribution in [2.24, 2.45) is 0 Å². The summed E-state index contributed by atoms with van der Waals surface area (Å²) in [6, 6.07) is 71.0. The average Bonchev–Trinajstić information content (AvgIpc) is 3.73. The fourth-order valence-corrected chi connectivity index (χ4v) is 8.57. The van der Waals surface area contributed by atoms with E-state index in [0.717, 1.165) is 0 Å². The Kier molecular flexibility index (Phi) is 6.28. The molecule has 0 spiro atoms. The zero-order valence-electron chi connectivity index (χ0n) is 28.4. The molecule has 2 heterocycles. The van der Waals surface area contributed by atoms with Crippen LogP contribution < -0.4 is 0 Å². The van der Waals surface area contributed by atoms with Crippen LogP contribution in [0.2, 0.25) is 0 Å². The largest absolute Gasteiger partial charge is 0.309 e. The van der Waals surface area contributed by atoms with Crippen molar-refractivity contribution in [3.8, 4) is 33.6 Å². The van der Waals surface area contributed by atoms with Gasteiger partial charge in [-0.2, -0.15) is 0 Å². The van der Waals surface area contributed by atoms with Crippen LogP contribution in [0, 0.1) is 0 Å². The van der Waals surface area contributed by atoms with Crippen LogP contribution in [-0.2, 0) is 0 Å². The minimum absolute atomic E-state index is 1.18. The zero-order valence-corrected chi connectivity index (χ0v) is 28.4. The van der Waals surface area contributed by atoms with E-state index in [1.54, 1.807) is 0 Å². The lowest BCUT2D eigenvalue weighted by atomic mass is 9.99. The Hall–Kier alpha value is -6.90. The van der Waals surface area contributed by atoms with Gasteiger partial charge < -0.3 is 9.13 Å².